The fourth-order valence-corrected chi connectivity index (χ4v) is 3.99. The van der Waals surface area contributed by atoms with E-state index in [1.165, 1.54) is 12.1 Å². The van der Waals surface area contributed by atoms with Gasteiger partial charge in [-0.2, -0.15) is 18.2 Å². The van der Waals surface area contributed by atoms with Crippen LogP contribution in [0.25, 0.3) is 11.4 Å². The van der Waals surface area contributed by atoms with Gasteiger partial charge in [0.2, 0.25) is 11.7 Å². The average Bonchev–Trinajstić information content (AvgIpc) is 3.49. The van der Waals surface area contributed by atoms with Crippen molar-refractivity contribution in [3.05, 3.63) is 54.2 Å². The lowest BCUT2D eigenvalue weighted by Gasteiger charge is -2.27. The molecule has 0 spiro atoms. The van der Waals surface area contributed by atoms with Crippen molar-refractivity contribution in [2.75, 3.05) is 13.2 Å². The summed E-state index contributed by atoms with van der Waals surface area (Å²) < 4.78 is 57.5. The van der Waals surface area contributed by atoms with E-state index in [0.717, 1.165) is 31.7 Å². The van der Waals surface area contributed by atoms with E-state index in [0.29, 0.717) is 18.8 Å². The molecule has 1 N–H and O–H groups in total. The second-order valence-electron chi connectivity index (χ2n) is 10.0. The van der Waals surface area contributed by atoms with E-state index in [1.54, 1.807) is 31.7 Å². The lowest BCUT2D eigenvalue weighted by Crippen LogP contribution is -2.37. The zero-order valence-electron chi connectivity index (χ0n) is 22.2. The molecule has 11 heteroatoms. The predicted molar refractivity (Wildman–Crippen MR) is 136 cm³/mol. The van der Waals surface area contributed by atoms with Crippen LogP contribution in [-0.4, -0.2) is 39.9 Å². The molecule has 0 unspecified atom stereocenters. The van der Waals surface area contributed by atoms with Gasteiger partial charge in [0.25, 0.3) is 0 Å². The molecule has 0 bridgehead atoms. The Morgan fingerprint density at radius 2 is 2.05 bits per heavy atom. The fourth-order valence-electron chi connectivity index (χ4n) is 3.99. The summed E-state index contributed by atoms with van der Waals surface area (Å²) >= 11 is 0. The van der Waals surface area contributed by atoms with Gasteiger partial charge in [0.05, 0.1) is 5.56 Å². The summed E-state index contributed by atoms with van der Waals surface area (Å²) in [6.07, 6.45) is 2.67. The minimum absolute atomic E-state index is 0.0223. The number of amides is 1. The summed E-state index contributed by atoms with van der Waals surface area (Å²) in [4.78, 5) is 18.3. The second-order valence-corrected chi connectivity index (χ2v) is 10.0. The Bertz CT molecular complexity index is 1140. The highest BCUT2D eigenvalue weighted by atomic mass is 19.4. The van der Waals surface area contributed by atoms with Crippen molar-refractivity contribution >= 4 is 6.09 Å². The van der Waals surface area contributed by atoms with Crippen LogP contribution in [0.4, 0.5) is 18.0 Å². The molecule has 38 heavy (non-hydrogen) atoms. The van der Waals surface area contributed by atoms with Gasteiger partial charge in [-0.05, 0) is 58.2 Å². The summed E-state index contributed by atoms with van der Waals surface area (Å²) in [6, 6.07) is 3.31. The largest absolute Gasteiger partial charge is 0.489 e. The SMILES string of the molecule is C=C(NC(=O)OC(C)(C)C)N1CCC[C@H]1c1nc(-c2ccc(OCC=CCCCC)c(C(F)(F)F)c2)no1. The number of unbranched alkanes of at least 4 members (excludes halogenated alkanes) is 2. The minimum atomic E-state index is -4.63. The van der Waals surface area contributed by atoms with E-state index >= 15 is 0 Å². The highest BCUT2D eigenvalue weighted by Crippen LogP contribution is 2.39. The molecular formula is C27H35F3N4O4. The van der Waals surface area contributed by atoms with Gasteiger partial charge in [-0.15, -0.1) is 0 Å². The number of aromatic nitrogens is 2. The number of carbonyl (C=O) groups is 1. The van der Waals surface area contributed by atoms with Gasteiger partial charge in [-0.3, -0.25) is 5.32 Å². The van der Waals surface area contributed by atoms with Gasteiger partial charge >= 0.3 is 12.3 Å². The van der Waals surface area contributed by atoms with E-state index in [2.05, 4.69) is 29.0 Å². The Morgan fingerprint density at radius 1 is 1.29 bits per heavy atom. The third-order valence-corrected chi connectivity index (χ3v) is 5.74. The highest BCUT2D eigenvalue weighted by Gasteiger charge is 2.36. The van der Waals surface area contributed by atoms with Crippen LogP contribution in [0.5, 0.6) is 5.75 Å². The van der Waals surface area contributed by atoms with Crippen molar-refractivity contribution in [2.45, 2.75) is 77.6 Å². The maximum absolute atomic E-state index is 13.8. The van der Waals surface area contributed by atoms with Gasteiger partial charge in [-0.25, -0.2) is 4.79 Å². The first-order valence-corrected chi connectivity index (χ1v) is 12.7. The van der Waals surface area contributed by atoms with Gasteiger partial charge in [0.15, 0.2) is 0 Å². The van der Waals surface area contributed by atoms with Crippen LogP contribution in [0, 0.1) is 0 Å². The standard InChI is InChI=1S/C27H35F3N4O4/c1-6-7-8-9-10-16-36-22-14-13-19(17-20(22)27(28,29)30)23-32-24(38-33-23)21-12-11-15-34(21)18(2)31-25(35)37-26(3,4)5/h9-10,13-14,17,21H,2,6-8,11-12,15-16H2,1,3-5H3,(H,31,35)/t21-/m0/s1. The molecule has 3 rings (SSSR count). The second kappa shape index (κ2) is 12.4. The van der Waals surface area contributed by atoms with Crippen LogP contribution in [0.2, 0.25) is 0 Å². The molecule has 2 heterocycles. The monoisotopic (exact) mass is 536 g/mol. The van der Waals surface area contributed by atoms with Crippen molar-refractivity contribution in [1.29, 1.82) is 0 Å². The van der Waals surface area contributed by atoms with E-state index in [9.17, 15) is 18.0 Å². The first-order valence-electron chi connectivity index (χ1n) is 12.7. The molecule has 208 valence electrons. The van der Waals surface area contributed by atoms with Crippen LogP contribution in [-0.2, 0) is 10.9 Å². The number of benzene rings is 1. The lowest BCUT2D eigenvalue weighted by atomic mass is 10.1. The fraction of sp³-hybridized carbons (Fsp3) is 0.519. The molecule has 0 radical (unpaired) electrons. The molecule has 1 aromatic carbocycles. The zero-order chi connectivity index (χ0) is 27.9. The molecule has 0 saturated carbocycles. The Labute approximate surface area is 220 Å². The van der Waals surface area contributed by atoms with Crippen LogP contribution >= 0.6 is 0 Å². The van der Waals surface area contributed by atoms with Gasteiger partial charge in [0, 0.05) is 12.1 Å². The summed E-state index contributed by atoms with van der Waals surface area (Å²) in [5.41, 5.74) is -1.44. The number of nitrogens with one attached hydrogen (secondary N) is 1. The van der Waals surface area contributed by atoms with E-state index in [1.807, 2.05) is 6.08 Å². The van der Waals surface area contributed by atoms with Crippen LogP contribution in [0.1, 0.15) is 77.3 Å². The molecule has 0 aliphatic carbocycles. The molecule has 1 fully saturated rings. The van der Waals surface area contributed by atoms with Crippen molar-refractivity contribution in [1.82, 2.24) is 20.4 Å². The molecule has 1 aliphatic rings. The Morgan fingerprint density at radius 3 is 2.74 bits per heavy atom. The molecule has 1 amide bonds. The molecule has 1 aliphatic heterocycles. The first-order chi connectivity index (χ1) is 17.9. The Kier molecular flexibility index (Phi) is 9.45. The number of allylic oxidation sites excluding steroid dienone is 1. The number of rotatable bonds is 10. The lowest BCUT2D eigenvalue weighted by molar-refractivity contribution is -0.138. The number of alkyl carbamates (subject to hydrolysis) is 1. The topological polar surface area (TPSA) is 89.7 Å². The molecule has 2 aromatic rings. The third kappa shape index (κ3) is 8.00. The molecule has 1 atom stereocenters. The number of halogens is 3. The van der Waals surface area contributed by atoms with E-state index < -0.39 is 23.4 Å². The number of hydrogen-bond donors (Lipinski definition) is 1. The number of likely N-dealkylation sites (tertiary alicyclic amines) is 1. The van der Waals surface area contributed by atoms with Gasteiger partial charge < -0.3 is 18.9 Å². The molecule has 1 saturated heterocycles. The number of nitrogens with zero attached hydrogens (tertiary/aromatic N) is 3. The highest BCUT2D eigenvalue weighted by molar-refractivity contribution is 5.69. The summed E-state index contributed by atoms with van der Waals surface area (Å²) in [6.45, 7) is 11.9. The van der Waals surface area contributed by atoms with Crippen molar-refractivity contribution in [2.24, 2.45) is 0 Å². The van der Waals surface area contributed by atoms with Gasteiger partial charge in [0.1, 0.15) is 29.8 Å². The summed E-state index contributed by atoms with van der Waals surface area (Å²) in [5, 5.41) is 6.53. The Balaban J connectivity index is 1.74. The molecular weight excluding hydrogens is 501 g/mol. The number of ether oxygens (including phenoxy) is 2. The van der Waals surface area contributed by atoms with Crippen molar-refractivity contribution in [3.63, 3.8) is 0 Å². The Hall–Kier alpha value is -3.50. The smallest absolute Gasteiger partial charge is 0.419 e. The maximum atomic E-state index is 13.8. The number of alkyl halides is 3. The van der Waals surface area contributed by atoms with Crippen LogP contribution < -0.4 is 10.1 Å². The van der Waals surface area contributed by atoms with Gasteiger partial charge in [-0.1, -0.05) is 43.7 Å². The zero-order valence-corrected chi connectivity index (χ0v) is 22.2. The van der Waals surface area contributed by atoms with Crippen LogP contribution in [0.15, 0.2) is 47.3 Å². The molecule has 8 nitrogen and oxygen atoms in total. The van der Waals surface area contributed by atoms with E-state index in [4.69, 9.17) is 14.0 Å². The summed E-state index contributed by atoms with van der Waals surface area (Å²) in [5.74, 6) is 0.285. The van der Waals surface area contributed by atoms with Crippen LogP contribution in [0.3, 0.4) is 0 Å². The number of hydrogen-bond acceptors (Lipinski definition) is 7. The average molecular weight is 537 g/mol. The number of carbonyl (C=O) groups excluding carboxylic acids is 1. The van der Waals surface area contributed by atoms with Crippen molar-refractivity contribution in [3.8, 4) is 17.1 Å². The summed E-state index contributed by atoms with van der Waals surface area (Å²) in [7, 11) is 0. The first kappa shape index (κ1) is 29.1. The normalized spacial score (nSPS) is 16.2. The third-order valence-electron chi connectivity index (χ3n) is 5.74. The van der Waals surface area contributed by atoms with E-state index in [-0.39, 0.29) is 35.7 Å². The predicted octanol–water partition coefficient (Wildman–Crippen LogP) is 7.01. The minimum Gasteiger partial charge on any atom is -0.489 e. The maximum Gasteiger partial charge on any atom is 0.419 e. The quantitative estimate of drug-likeness (QED) is 0.258. The molecule has 1 aromatic heterocycles. The van der Waals surface area contributed by atoms with Crippen molar-refractivity contribution < 1.29 is 32.0 Å².